The van der Waals surface area contributed by atoms with Gasteiger partial charge in [-0.1, -0.05) is 22.8 Å². The first-order valence-corrected chi connectivity index (χ1v) is 12.1. The van der Waals surface area contributed by atoms with Crippen LogP contribution in [0.2, 0.25) is 15.5 Å². The number of nitrogens with one attached hydrogen (secondary N) is 1. The largest absolute Gasteiger partial charge is 0.315 e. The highest BCUT2D eigenvalue weighted by Gasteiger charge is 2.54. The van der Waals surface area contributed by atoms with Crippen molar-refractivity contribution < 1.29 is 4.79 Å². The molecule has 2 aromatic heterocycles. The predicted octanol–water partition coefficient (Wildman–Crippen LogP) is -0.238. The highest BCUT2D eigenvalue weighted by atomic mass is 16.1. The molecule has 38 heavy (non-hydrogen) atoms. The molecule has 1 N–H and O–H groups in total. The molecule has 1 amide bonds. The molecule has 0 bridgehead atoms. The number of hydrogen-bond donors (Lipinski definition) is 1. The van der Waals surface area contributed by atoms with Crippen molar-refractivity contribution in [3.8, 4) is 11.1 Å². The first-order chi connectivity index (χ1) is 17.5. The second-order valence-electron chi connectivity index (χ2n) is 10.3. The molecule has 0 spiro atoms. The zero-order valence-corrected chi connectivity index (χ0v) is 21.3. The van der Waals surface area contributed by atoms with E-state index in [1.54, 1.807) is 22.0 Å². The number of anilines is 1. The number of nitrogens with zero attached hydrogens (tertiary/aromatic N) is 4. The van der Waals surface area contributed by atoms with Crippen molar-refractivity contribution in [3.63, 3.8) is 0 Å². The second-order valence-corrected chi connectivity index (χ2v) is 10.3. The Morgan fingerprint density at radius 1 is 0.895 bits per heavy atom. The van der Waals surface area contributed by atoms with Crippen LogP contribution >= 0.6 is 0 Å². The van der Waals surface area contributed by atoms with Crippen LogP contribution in [0.5, 0.6) is 0 Å². The highest BCUT2D eigenvalue weighted by Crippen LogP contribution is 2.61. The van der Waals surface area contributed by atoms with E-state index in [1.807, 2.05) is 37.5 Å². The molecule has 3 aromatic rings. The number of pyridine rings is 1. The Morgan fingerprint density at radius 3 is 2.08 bits per heavy atom. The Bertz CT molecular complexity index is 1310. The fraction of sp³-hybridized carbons (Fsp3) is 0.435. The molecule has 1 aliphatic heterocycles. The van der Waals surface area contributed by atoms with Crippen LogP contribution < -0.4 is 5.32 Å². The van der Waals surface area contributed by atoms with Gasteiger partial charge in [-0.3, -0.25) is 9.48 Å². The molecule has 6 nitrogen and oxygen atoms in total. The average molecular weight is 480 g/mol. The summed E-state index contributed by atoms with van der Waals surface area (Å²) in [6, 6.07) is 7.85. The van der Waals surface area contributed by atoms with Crippen LogP contribution in [0, 0.1) is 5.92 Å². The molecule has 0 aliphatic carbocycles. The summed E-state index contributed by atoms with van der Waals surface area (Å²) in [6.07, 6.45) is 6.25. The van der Waals surface area contributed by atoms with Crippen molar-refractivity contribution in [1.29, 1.82) is 0 Å². The molecule has 1 aliphatic rings. The van der Waals surface area contributed by atoms with Gasteiger partial charge < -0.3 is 10.2 Å². The van der Waals surface area contributed by atoms with E-state index in [-0.39, 0.29) is 24.9 Å². The van der Waals surface area contributed by atoms with Gasteiger partial charge in [-0.2, -0.15) is 5.10 Å². The molecule has 0 atom stereocenters. The number of piperidine rings is 1. The van der Waals surface area contributed by atoms with Crippen molar-refractivity contribution >= 4 is 93.1 Å². The summed E-state index contributed by atoms with van der Waals surface area (Å²) >= 11 is 0. The lowest BCUT2D eigenvalue weighted by molar-refractivity contribution is -0.121. The van der Waals surface area contributed by atoms with E-state index < -0.39 is 20.9 Å². The predicted molar refractivity (Wildman–Crippen MR) is 159 cm³/mol. The maximum absolute atomic E-state index is 13.1. The quantitative estimate of drug-likeness (QED) is 0.475. The van der Waals surface area contributed by atoms with Gasteiger partial charge in [0.05, 0.1) is 76.8 Å². The minimum Gasteiger partial charge on any atom is -0.315 e. The van der Waals surface area contributed by atoms with Gasteiger partial charge in [-0.25, -0.2) is 4.98 Å². The smallest absolute Gasteiger partial charge is 0.228 e. The molecule has 15 heteroatoms. The number of likely N-dealkylation sites (tertiary alicyclic amines) is 1. The number of carbonyl (C=O) groups is 1. The summed E-state index contributed by atoms with van der Waals surface area (Å²) < 4.78 is 1.74. The van der Waals surface area contributed by atoms with Gasteiger partial charge in [0.25, 0.3) is 0 Å². The standard InChI is InChI=1S/C23H20B9N5O/c1-36-12-17(11-34-36)14-2-3-15-10-33-18(9-16(15)8-14)35-19(38)13-4-6-37(7-5-13)23(31,32)20(24,21(25,26)27)22(28,29)30/h2-3,8-13H,4-7H2,1H3,(H,33,35,38). The van der Waals surface area contributed by atoms with Crippen LogP contribution in [-0.2, 0) is 11.8 Å². The summed E-state index contributed by atoms with van der Waals surface area (Å²) in [5.74, 6) is -0.0833. The number of rotatable bonds is 7. The van der Waals surface area contributed by atoms with E-state index in [9.17, 15) is 4.79 Å². The van der Waals surface area contributed by atoms with Crippen LogP contribution in [0.1, 0.15) is 12.8 Å². The Labute approximate surface area is 236 Å². The Morgan fingerprint density at radius 2 is 1.53 bits per heavy atom. The van der Waals surface area contributed by atoms with Crippen LogP contribution in [0.4, 0.5) is 5.82 Å². The fourth-order valence-electron chi connectivity index (χ4n) is 5.02. The van der Waals surface area contributed by atoms with Crippen molar-refractivity contribution in [2.75, 3.05) is 18.4 Å². The van der Waals surface area contributed by atoms with Gasteiger partial charge in [-0.15, -0.1) is 10.2 Å². The Kier molecular flexibility index (Phi) is 7.68. The maximum atomic E-state index is 13.1. The second kappa shape index (κ2) is 10.1. The van der Waals surface area contributed by atoms with Gasteiger partial charge in [0.1, 0.15) is 5.82 Å². The summed E-state index contributed by atoms with van der Waals surface area (Å²) in [4.78, 5) is 19.0. The number of benzene rings is 1. The van der Waals surface area contributed by atoms with Crippen LogP contribution in [-0.4, -0.2) is 115 Å². The monoisotopic (exact) mass is 481 g/mol. The van der Waals surface area contributed by atoms with Crippen molar-refractivity contribution in [2.24, 2.45) is 13.0 Å². The van der Waals surface area contributed by atoms with Crippen LogP contribution in [0.25, 0.3) is 21.9 Å². The third-order valence-electron chi connectivity index (χ3n) is 7.40. The van der Waals surface area contributed by atoms with Crippen LogP contribution in [0.15, 0.2) is 42.9 Å². The number of amides is 1. The zero-order chi connectivity index (χ0) is 28.1. The molecule has 4 rings (SSSR count). The molecule has 0 unspecified atom stereocenters. The van der Waals surface area contributed by atoms with E-state index >= 15 is 0 Å². The normalized spacial score (nSPS) is 16.4. The molecule has 1 aromatic carbocycles. The molecular formula is C23H20B9N5O. The van der Waals surface area contributed by atoms with E-state index in [0.29, 0.717) is 18.7 Å². The number of aryl methyl sites for hydroxylation is 1. The zero-order valence-electron chi connectivity index (χ0n) is 21.3. The molecule has 170 valence electrons. The SMILES string of the molecule is [B]C([B])([B])C([B])(C([B])([B])[B])C([B])([B])N1CCC(C(=O)Nc2cc3cc(-c4cnn(C)c4)ccc3cn2)CC1. The highest BCUT2D eigenvalue weighted by molar-refractivity contribution is 6.71. The lowest BCUT2D eigenvalue weighted by Crippen LogP contribution is -2.67. The van der Waals surface area contributed by atoms with Gasteiger partial charge in [0, 0.05) is 36.3 Å². The van der Waals surface area contributed by atoms with E-state index in [1.165, 1.54) is 0 Å². The molecule has 18 radical (unpaired) electrons. The Hall–Kier alpha value is -2.15. The van der Waals surface area contributed by atoms with Gasteiger partial charge >= 0.3 is 0 Å². The maximum Gasteiger partial charge on any atom is 0.228 e. The van der Waals surface area contributed by atoms with Crippen molar-refractivity contribution in [1.82, 2.24) is 19.7 Å². The summed E-state index contributed by atoms with van der Waals surface area (Å²) in [7, 11) is 56.1. The van der Waals surface area contributed by atoms with E-state index in [0.717, 1.165) is 21.9 Å². The van der Waals surface area contributed by atoms with E-state index in [2.05, 4.69) is 15.4 Å². The third-order valence-corrected chi connectivity index (χ3v) is 7.40. The van der Waals surface area contributed by atoms with E-state index in [4.69, 9.17) is 70.6 Å². The van der Waals surface area contributed by atoms with Gasteiger partial charge in [0.2, 0.25) is 5.91 Å². The van der Waals surface area contributed by atoms with Gasteiger partial charge in [0.15, 0.2) is 0 Å². The minimum absolute atomic E-state index is 0.185. The molecule has 1 saturated heterocycles. The summed E-state index contributed by atoms with van der Waals surface area (Å²) in [5, 5.41) is 0.366. The average Bonchev–Trinajstić information content (AvgIpc) is 3.28. The molecule has 0 saturated carbocycles. The third kappa shape index (κ3) is 5.20. The topological polar surface area (TPSA) is 63.1 Å². The minimum atomic E-state index is -2.22. The fourth-order valence-corrected chi connectivity index (χ4v) is 5.02. The van der Waals surface area contributed by atoms with Crippen molar-refractivity contribution in [2.45, 2.75) is 33.7 Å². The lowest BCUT2D eigenvalue weighted by atomic mass is 9.09. The molecule has 1 fully saturated rings. The van der Waals surface area contributed by atoms with Crippen molar-refractivity contribution in [3.05, 3.63) is 42.9 Å². The van der Waals surface area contributed by atoms with Gasteiger partial charge in [-0.05, 0) is 49.0 Å². The first kappa shape index (κ1) is 28.9. The molecule has 3 heterocycles. The summed E-state index contributed by atoms with van der Waals surface area (Å²) in [6.45, 7) is 0.519. The molecular weight excluding hydrogens is 460 g/mol. The number of carbonyl (C=O) groups excluding carboxylic acids is 1. The summed E-state index contributed by atoms with van der Waals surface area (Å²) in [5.41, 5.74) is 2.01. The Balaban J connectivity index is 1.45. The number of hydrogen-bond acceptors (Lipinski definition) is 4. The number of fused-ring (bicyclic) bond motifs is 1. The first-order valence-electron chi connectivity index (χ1n) is 12.1. The number of aromatic nitrogens is 3. The lowest BCUT2D eigenvalue weighted by Gasteiger charge is -2.68. The van der Waals surface area contributed by atoms with Crippen LogP contribution in [0.3, 0.4) is 0 Å².